The molecule has 25 heavy (non-hydrogen) atoms. The Morgan fingerprint density at radius 2 is 1.96 bits per heavy atom. The zero-order chi connectivity index (χ0) is 18.1. The van der Waals surface area contributed by atoms with E-state index >= 15 is 0 Å². The average molecular weight is 355 g/mol. The molecule has 0 aliphatic carbocycles. The second-order valence-electron chi connectivity index (χ2n) is 5.81. The van der Waals surface area contributed by atoms with Crippen LogP contribution in [0.1, 0.15) is 27.9 Å². The van der Waals surface area contributed by atoms with E-state index < -0.39 is 0 Å². The molecule has 0 bridgehead atoms. The molecule has 1 amide bonds. The molecule has 0 radical (unpaired) electrons. The Labute approximate surface area is 148 Å². The van der Waals surface area contributed by atoms with Gasteiger partial charge < -0.3 is 5.32 Å². The molecule has 3 rings (SSSR count). The van der Waals surface area contributed by atoms with Gasteiger partial charge in [-0.25, -0.2) is 4.98 Å². The lowest BCUT2D eigenvalue weighted by molar-refractivity contribution is -0.116. The number of fused-ring (bicyclic) bond motifs is 1. The first-order valence-electron chi connectivity index (χ1n) is 7.74. The summed E-state index contributed by atoms with van der Waals surface area (Å²) in [5.41, 5.74) is 1.94. The van der Waals surface area contributed by atoms with Crippen molar-refractivity contribution in [2.75, 3.05) is 5.32 Å². The molecule has 0 aliphatic rings. The first-order chi connectivity index (χ1) is 11.9. The topological polar surface area (TPSA) is 81.1 Å². The van der Waals surface area contributed by atoms with Crippen LogP contribution >= 0.6 is 11.3 Å². The lowest BCUT2D eigenvalue weighted by atomic mass is 10.1. The van der Waals surface area contributed by atoms with Gasteiger partial charge in [-0.15, -0.1) is 0 Å². The summed E-state index contributed by atoms with van der Waals surface area (Å²) in [5.74, 6) is -0.448. The zero-order valence-electron chi connectivity index (χ0n) is 14.1. The Morgan fingerprint density at radius 1 is 1.24 bits per heavy atom. The Hall–Kier alpha value is -2.80. The predicted octanol–water partition coefficient (Wildman–Crippen LogP) is 2.92. The van der Waals surface area contributed by atoms with Crippen LogP contribution in [0.25, 0.3) is 10.9 Å². The van der Waals surface area contributed by atoms with Crippen LogP contribution in [0.2, 0.25) is 0 Å². The third-order valence-electron chi connectivity index (χ3n) is 3.89. The molecule has 7 heteroatoms. The Kier molecular flexibility index (Phi) is 4.50. The number of benzene rings is 1. The monoisotopic (exact) mass is 355 g/mol. The Balaban J connectivity index is 1.89. The molecule has 128 valence electrons. The molecular formula is C18H17N3O3S. The molecule has 0 saturated heterocycles. The zero-order valence-corrected chi connectivity index (χ0v) is 14.9. The number of hydrogen-bond acceptors (Lipinski definition) is 5. The first-order valence-corrected chi connectivity index (χ1v) is 8.56. The normalized spacial score (nSPS) is 10.8. The van der Waals surface area contributed by atoms with Crippen molar-refractivity contribution in [3.8, 4) is 0 Å². The van der Waals surface area contributed by atoms with Crippen LogP contribution in [-0.4, -0.2) is 21.2 Å². The largest absolute Gasteiger partial charge is 0.300 e. The molecule has 3 aromatic rings. The van der Waals surface area contributed by atoms with Crippen LogP contribution in [0.5, 0.6) is 0 Å². The van der Waals surface area contributed by atoms with Crippen LogP contribution in [0, 0.1) is 13.8 Å². The number of anilines is 1. The quantitative estimate of drug-likeness (QED) is 0.730. The molecule has 0 saturated carbocycles. The van der Waals surface area contributed by atoms with Crippen molar-refractivity contribution in [3.05, 3.63) is 56.8 Å². The summed E-state index contributed by atoms with van der Waals surface area (Å²) < 4.78 is 1.43. The SMILES string of the molecule is CC(=O)c1sc(NC(=O)Cn2c(=O)cc(C)c3ccccc32)nc1C. The highest BCUT2D eigenvalue weighted by molar-refractivity contribution is 7.17. The van der Waals surface area contributed by atoms with E-state index in [1.807, 2.05) is 31.2 Å². The maximum atomic E-state index is 12.4. The number of carbonyl (C=O) groups is 2. The maximum absolute atomic E-state index is 12.4. The van der Waals surface area contributed by atoms with Crippen molar-refractivity contribution in [1.29, 1.82) is 0 Å². The number of hydrogen-bond donors (Lipinski definition) is 1. The maximum Gasteiger partial charge on any atom is 0.251 e. The number of nitrogens with zero attached hydrogens (tertiary/aromatic N) is 2. The van der Waals surface area contributed by atoms with Gasteiger partial charge in [0.2, 0.25) is 5.91 Å². The number of para-hydroxylation sites is 1. The van der Waals surface area contributed by atoms with Crippen LogP contribution < -0.4 is 10.9 Å². The van der Waals surface area contributed by atoms with Crippen LogP contribution in [0.3, 0.4) is 0 Å². The highest BCUT2D eigenvalue weighted by Gasteiger charge is 2.15. The minimum absolute atomic E-state index is 0.0868. The van der Waals surface area contributed by atoms with Gasteiger partial charge in [-0.1, -0.05) is 29.5 Å². The number of amides is 1. The number of rotatable bonds is 4. The second-order valence-corrected chi connectivity index (χ2v) is 6.81. The summed E-state index contributed by atoms with van der Waals surface area (Å²) in [7, 11) is 0. The molecule has 0 unspecified atom stereocenters. The fourth-order valence-electron chi connectivity index (χ4n) is 2.74. The van der Waals surface area contributed by atoms with Crippen molar-refractivity contribution in [2.24, 2.45) is 0 Å². The summed E-state index contributed by atoms with van der Waals surface area (Å²) in [5, 5.41) is 3.96. The van der Waals surface area contributed by atoms with Gasteiger partial charge in [0.15, 0.2) is 10.9 Å². The molecule has 1 aromatic carbocycles. The van der Waals surface area contributed by atoms with Crippen LogP contribution in [0.15, 0.2) is 35.1 Å². The van der Waals surface area contributed by atoms with E-state index in [0.29, 0.717) is 21.2 Å². The minimum Gasteiger partial charge on any atom is -0.300 e. The number of nitrogens with one attached hydrogen (secondary N) is 1. The van der Waals surface area contributed by atoms with Crippen molar-refractivity contribution in [3.63, 3.8) is 0 Å². The number of carbonyl (C=O) groups excluding carboxylic acids is 2. The summed E-state index contributed by atoms with van der Waals surface area (Å²) in [6.45, 7) is 4.94. The van der Waals surface area contributed by atoms with Gasteiger partial charge in [0.05, 0.1) is 16.1 Å². The molecule has 2 heterocycles. The summed E-state index contributed by atoms with van der Waals surface area (Å²) in [6, 6.07) is 8.99. The predicted molar refractivity (Wildman–Crippen MR) is 98.4 cm³/mol. The molecule has 2 aromatic heterocycles. The number of aryl methyl sites for hydroxylation is 2. The molecule has 6 nitrogen and oxygen atoms in total. The van der Waals surface area contributed by atoms with E-state index in [1.165, 1.54) is 17.6 Å². The number of ketones is 1. The van der Waals surface area contributed by atoms with Gasteiger partial charge in [-0.05, 0) is 25.5 Å². The number of pyridine rings is 1. The fraction of sp³-hybridized carbons (Fsp3) is 0.222. The Bertz CT molecular complexity index is 1050. The third kappa shape index (κ3) is 3.36. The number of Topliss-reactive ketones (excluding diaryl/α,β-unsaturated/α-hetero) is 1. The van der Waals surface area contributed by atoms with E-state index in [9.17, 15) is 14.4 Å². The van der Waals surface area contributed by atoms with E-state index in [4.69, 9.17) is 0 Å². The second kappa shape index (κ2) is 6.60. The standard InChI is InChI=1S/C18H17N3O3S/c1-10-8-16(24)21(14-7-5-4-6-13(10)14)9-15(23)20-18-19-11(2)17(25-18)12(3)22/h4-8H,9H2,1-3H3,(H,19,20,23). The molecular weight excluding hydrogens is 338 g/mol. The highest BCUT2D eigenvalue weighted by atomic mass is 32.1. The van der Waals surface area contributed by atoms with Crippen LogP contribution in [-0.2, 0) is 11.3 Å². The van der Waals surface area contributed by atoms with Crippen molar-refractivity contribution in [1.82, 2.24) is 9.55 Å². The van der Waals surface area contributed by atoms with E-state index in [2.05, 4.69) is 10.3 Å². The van der Waals surface area contributed by atoms with Gasteiger partial charge >= 0.3 is 0 Å². The Morgan fingerprint density at radius 3 is 2.64 bits per heavy atom. The molecule has 0 aliphatic heterocycles. The average Bonchev–Trinajstić information content (AvgIpc) is 2.92. The van der Waals surface area contributed by atoms with E-state index in [1.54, 1.807) is 6.92 Å². The van der Waals surface area contributed by atoms with Crippen molar-refractivity contribution in [2.45, 2.75) is 27.3 Å². The smallest absolute Gasteiger partial charge is 0.251 e. The van der Waals surface area contributed by atoms with Gasteiger partial charge in [0.25, 0.3) is 5.56 Å². The lowest BCUT2D eigenvalue weighted by Gasteiger charge is -2.11. The molecule has 0 atom stereocenters. The first kappa shape index (κ1) is 17.0. The van der Waals surface area contributed by atoms with Crippen molar-refractivity contribution >= 4 is 39.1 Å². The molecule has 1 N–H and O–H groups in total. The summed E-state index contributed by atoms with van der Waals surface area (Å²) >= 11 is 1.14. The van der Waals surface area contributed by atoms with Crippen molar-refractivity contribution < 1.29 is 9.59 Å². The summed E-state index contributed by atoms with van der Waals surface area (Å²) in [6.07, 6.45) is 0. The van der Waals surface area contributed by atoms with Crippen LogP contribution in [0.4, 0.5) is 5.13 Å². The van der Waals surface area contributed by atoms with E-state index in [-0.39, 0.29) is 23.8 Å². The van der Waals surface area contributed by atoms with E-state index in [0.717, 1.165) is 22.3 Å². The van der Waals surface area contributed by atoms with Gasteiger partial charge in [-0.3, -0.25) is 19.0 Å². The minimum atomic E-state index is -0.361. The van der Waals surface area contributed by atoms with Gasteiger partial charge in [-0.2, -0.15) is 0 Å². The third-order valence-corrected chi connectivity index (χ3v) is 5.06. The number of aromatic nitrogens is 2. The fourth-order valence-corrected chi connectivity index (χ4v) is 3.62. The molecule has 0 spiro atoms. The van der Waals surface area contributed by atoms with Gasteiger partial charge in [0.1, 0.15) is 6.54 Å². The number of thiazole rings is 1. The summed E-state index contributed by atoms with van der Waals surface area (Å²) in [4.78, 5) is 40.9. The highest BCUT2D eigenvalue weighted by Crippen LogP contribution is 2.23. The lowest BCUT2D eigenvalue weighted by Crippen LogP contribution is -2.27. The van der Waals surface area contributed by atoms with Gasteiger partial charge in [0, 0.05) is 18.4 Å². The molecule has 0 fully saturated rings.